The number of amides is 4. The Morgan fingerprint density at radius 1 is 0.667 bits per heavy atom. The van der Waals surface area contributed by atoms with E-state index in [0.29, 0.717) is 49.5 Å². The Balaban J connectivity index is 0.972. The molecule has 0 saturated heterocycles. The van der Waals surface area contributed by atoms with Gasteiger partial charge < -0.3 is 40.2 Å². The fourth-order valence-corrected chi connectivity index (χ4v) is 4.84. The summed E-state index contributed by atoms with van der Waals surface area (Å²) in [5.74, 6) is 3.67. The minimum atomic E-state index is -0.184. The van der Waals surface area contributed by atoms with Gasteiger partial charge in [-0.1, -0.05) is 18.6 Å². The zero-order chi connectivity index (χ0) is 24.7. The van der Waals surface area contributed by atoms with Crippen molar-refractivity contribution in [3.05, 3.63) is 47.5 Å². The van der Waals surface area contributed by atoms with Gasteiger partial charge in [-0.15, -0.1) is 0 Å². The largest absolute Gasteiger partial charge is 0.454 e. The van der Waals surface area contributed by atoms with Crippen molar-refractivity contribution in [3.8, 4) is 23.0 Å². The fourth-order valence-electron chi connectivity index (χ4n) is 4.84. The van der Waals surface area contributed by atoms with Crippen LogP contribution in [-0.2, 0) is 13.1 Å². The summed E-state index contributed by atoms with van der Waals surface area (Å²) in [6.45, 7) is 2.55. The van der Waals surface area contributed by atoms with E-state index in [4.69, 9.17) is 18.9 Å². The first-order valence-electron chi connectivity index (χ1n) is 12.4. The van der Waals surface area contributed by atoms with Crippen molar-refractivity contribution in [1.82, 2.24) is 21.3 Å². The minimum Gasteiger partial charge on any atom is -0.454 e. The molecule has 2 aliphatic heterocycles. The Kier molecular flexibility index (Phi) is 7.49. The summed E-state index contributed by atoms with van der Waals surface area (Å²) in [5.41, 5.74) is 1.91. The Morgan fingerprint density at radius 3 is 1.64 bits per heavy atom. The van der Waals surface area contributed by atoms with Crippen LogP contribution < -0.4 is 40.2 Å². The van der Waals surface area contributed by atoms with Crippen molar-refractivity contribution in [3.63, 3.8) is 0 Å². The molecule has 192 valence electrons. The molecule has 1 saturated carbocycles. The number of carbonyl (C=O) groups excluding carboxylic acids is 2. The Bertz CT molecular complexity index is 1010. The lowest BCUT2D eigenvalue weighted by atomic mass is 9.81. The van der Waals surface area contributed by atoms with Crippen molar-refractivity contribution in [1.29, 1.82) is 0 Å². The number of rotatable bonds is 8. The van der Waals surface area contributed by atoms with Gasteiger partial charge in [0.2, 0.25) is 13.6 Å². The predicted octanol–water partition coefficient (Wildman–Crippen LogP) is 3.25. The molecule has 3 aliphatic rings. The van der Waals surface area contributed by atoms with Crippen LogP contribution in [0.15, 0.2) is 36.4 Å². The van der Waals surface area contributed by atoms with Crippen molar-refractivity contribution < 1.29 is 28.5 Å². The monoisotopic (exact) mass is 496 g/mol. The highest BCUT2D eigenvalue weighted by atomic mass is 16.7. The number of nitrogens with one attached hydrogen (secondary N) is 4. The highest BCUT2D eigenvalue weighted by Crippen LogP contribution is 2.33. The number of hydrogen-bond acceptors (Lipinski definition) is 6. The molecule has 0 radical (unpaired) electrons. The smallest absolute Gasteiger partial charge is 0.315 e. The molecule has 36 heavy (non-hydrogen) atoms. The number of ether oxygens (including phenoxy) is 4. The summed E-state index contributed by atoms with van der Waals surface area (Å²) >= 11 is 0. The summed E-state index contributed by atoms with van der Waals surface area (Å²) in [4.78, 5) is 24.6. The molecule has 0 unspecified atom stereocenters. The molecule has 1 fully saturated rings. The molecule has 0 spiro atoms. The van der Waals surface area contributed by atoms with Gasteiger partial charge in [-0.2, -0.15) is 0 Å². The van der Waals surface area contributed by atoms with Gasteiger partial charge in [0.1, 0.15) is 0 Å². The first kappa shape index (κ1) is 23.9. The average molecular weight is 497 g/mol. The van der Waals surface area contributed by atoms with E-state index in [-0.39, 0.29) is 25.6 Å². The summed E-state index contributed by atoms with van der Waals surface area (Å²) < 4.78 is 21.4. The van der Waals surface area contributed by atoms with Crippen LogP contribution in [0.2, 0.25) is 0 Å². The predicted molar refractivity (Wildman–Crippen MR) is 131 cm³/mol. The summed E-state index contributed by atoms with van der Waals surface area (Å²) in [5, 5.41) is 11.8. The number of hydrogen-bond donors (Lipinski definition) is 4. The first-order valence-corrected chi connectivity index (χ1v) is 12.4. The van der Waals surface area contributed by atoms with E-state index >= 15 is 0 Å². The molecule has 2 atom stereocenters. The van der Waals surface area contributed by atoms with Crippen molar-refractivity contribution in [2.24, 2.45) is 11.8 Å². The zero-order valence-corrected chi connectivity index (χ0v) is 20.1. The fraction of sp³-hybridized carbons (Fsp3) is 0.462. The number of urea groups is 2. The molecule has 10 nitrogen and oxygen atoms in total. The van der Waals surface area contributed by atoms with Crippen LogP contribution >= 0.6 is 0 Å². The Labute approximate surface area is 210 Å². The van der Waals surface area contributed by atoms with Crippen molar-refractivity contribution >= 4 is 12.1 Å². The molecule has 2 heterocycles. The molecule has 0 aromatic heterocycles. The quantitative estimate of drug-likeness (QED) is 0.446. The third-order valence-electron chi connectivity index (χ3n) is 6.77. The van der Waals surface area contributed by atoms with E-state index in [1.807, 2.05) is 36.4 Å². The molecule has 4 amide bonds. The van der Waals surface area contributed by atoms with E-state index in [9.17, 15) is 9.59 Å². The highest BCUT2D eigenvalue weighted by molar-refractivity contribution is 5.74. The van der Waals surface area contributed by atoms with E-state index in [0.717, 1.165) is 48.3 Å². The van der Waals surface area contributed by atoms with Gasteiger partial charge in [0.15, 0.2) is 23.0 Å². The van der Waals surface area contributed by atoms with Gasteiger partial charge >= 0.3 is 12.1 Å². The van der Waals surface area contributed by atoms with E-state index in [1.54, 1.807) is 0 Å². The van der Waals surface area contributed by atoms with Crippen LogP contribution in [0.5, 0.6) is 23.0 Å². The van der Waals surface area contributed by atoms with E-state index < -0.39 is 0 Å². The number of benzene rings is 2. The molecule has 2 aromatic carbocycles. The minimum absolute atomic E-state index is 0.184. The topological polar surface area (TPSA) is 119 Å². The third-order valence-corrected chi connectivity index (χ3v) is 6.77. The molecule has 1 aliphatic carbocycles. The normalized spacial score (nSPS) is 19.4. The Morgan fingerprint density at radius 2 is 1.14 bits per heavy atom. The maximum Gasteiger partial charge on any atom is 0.315 e. The lowest BCUT2D eigenvalue weighted by Gasteiger charge is -2.29. The summed E-state index contributed by atoms with van der Waals surface area (Å²) in [6, 6.07) is 10.9. The number of fused-ring (bicyclic) bond motifs is 2. The molecule has 0 bridgehead atoms. The summed E-state index contributed by atoms with van der Waals surface area (Å²) in [7, 11) is 0. The van der Waals surface area contributed by atoms with Crippen LogP contribution in [0.4, 0.5) is 9.59 Å². The molecular weight excluding hydrogens is 464 g/mol. The van der Waals surface area contributed by atoms with Crippen LogP contribution in [0.25, 0.3) is 0 Å². The van der Waals surface area contributed by atoms with Crippen LogP contribution in [0, 0.1) is 11.8 Å². The van der Waals surface area contributed by atoms with Crippen LogP contribution in [-0.4, -0.2) is 38.7 Å². The Hall–Kier alpha value is -3.82. The van der Waals surface area contributed by atoms with E-state index in [2.05, 4.69) is 21.3 Å². The standard InChI is InChI=1S/C26H32N4O6/c31-25(29-13-19-4-6-21-23(9-19)35-15-33-21)27-11-17-2-1-3-18(8-17)12-28-26(32)30-14-20-5-7-22-24(10-20)36-16-34-22/h4-7,9-10,17-18H,1-3,8,11-16H2,(H2,27,29,31)(H2,28,30,32)/t17-,18-/m1/s1. The molecule has 4 N–H and O–H groups in total. The van der Waals surface area contributed by atoms with Gasteiger partial charge in [0, 0.05) is 26.2 Å². The van der Waals surface area contributed by atoms with Crippen molar-refractivity contribution in [2.45, 2.75) is 38.8 Å². The number of carbonyl (C=O) groups is 2. The molecule has 5 rings (SSSR count). The van der Waals surface area contributed by atoms with Crippen molar-refractivity contribution in [2.75, 3.05) is 26.7 Å². The van der Waals surface area contributed by atoms with Crippen LogP contribution in [0.3, 0.4) is 0 Å². The molecule has 2 aromatic rings. The van der Waals surface area contributed by atoms with Crippen LogP contribution in [0.1, 0.15) is 36.8 Å². The first-order chi connectivity index (χ1) is 17.6. The second kappa shape index (κ2) is 11.3. The van der Waals surface area contributed by atoms with E-state index in [1.165, 1.54) is 0 Å². The maximum atomic E-state index is 12.3. The van der Waals surface area contributed by atoms with Gasteiger partial charge in [0.05, 0.1) is 0 Å². The second-order valence-corrected chi connectivity index (χ2v) is 9.40. The molecular formula is C26H32N4O6. The lowest BCUT2D eigenvalue weighted by Crippen LogP contribution is -2.41. The van der Waals surface area contributed by atoms with Gasteiger partial charge in [0.25, 0.3) is 0 Å². The highest BCUT2D eigenvalue weighted by Gasteiger charge is 2.23. The van der Waals surface area contributed by atoms with Gasteiger partial charge in [-0.3, -0.25) is 0 Å². The summed E-state index contributed by atoms with van der Waals surface area (Å²) in [6.07, 6.45) is 4.23. The van der Waals surface area contributed by atoms with Gasteiger partial charge in [-0.25, -0.2) is 9.59 Å². The second-order valence-electron chi connectivity index (χ2n) is 9.40. The van der Waals surface area contributed by atoms with Gasteiger partial charge in [-0.05, 0) is 66.5 Å². The molecule has 10 heteroatoms. The average Bonchev–Trinajstić information content (AvgIpc) is 3.57. The SMILES string of the molecule is O=C(NCc1ccc2c(c1)OCO2)NC[C@@H]1CCC[C@@H](CNC(=O)NCc2ccc3c(c2)OCO3)C1. The maximum absolute atomic E-state index is 12.3. The lowest BCUT2D eigenvalue weighted by molar-refractivity contribution is 0.173. The zero-order valence-electron chi connectivity index (χ0n) is 20.1. The third kappa shape index (κ3) is 6.24.